The van der Waals surface area contributed by atoms with Crippen LogP contribution in [0.4, 0.5) is 0 Å². The second-order valence-corrected chi connectivity index (χ2v) is 5.18. The fourth-order valence-electron chi connectivity index (χ4n) is 2.23. The Morgan fingerprint density at radius 2 is 1.88 bits per heavy atom. The molecule has 90 valence electrons. The number of para-hydroxylation sites is 2. The Kier molecular flexibility index (Phi) is 2.45. The van der Waals surface area contributed by atoms with Crippen molar-refractivity contribution in [3.63, 3.8) is 0 Å². The minimum atomic E-state index is -0.904. The predicted octanol–water partition coefficient (Wildman–Crippen LogP) is 1.92. The second kappa shape index (κ2) is 3.58. The maximum Gasteiger partial charge on any atom is 0.419 e. The van der Waals surface area contributed by atoms with Crippen molar-refractivity contribution in [3.05, 3.63) is 30.1 Å². The molecule has 0 saturated carbocycles. The number of carbonyl (C=O) groups is 1. The first-order valence-electron chi connectivity index (χ1n) is 5.57. The van der Waals surface area contributed by atoms with Gasteiger partial charge in [-0.3, -0.25) is 0 Å². The third-order valence-electron chi connectivity index (χ3n) is 2.88. The maximum absolute atomic E-state index is 11.4. The first kappa shape index (κ1) is 11.6. The van der Waals surface area contributed by atoms with Crippen LogP contribution in [0.5, 0.6) is 0 Å². The summed E-state index contributed by atoms with van der Waals surface area (Å²) in [4.78, 5) is 11.4. The SMILES string of the molecule is C[n+]1c(C(=O)O)n(C(C)(C)C)c2ccccc21. The first-order valence-corrected chi connectivity index (χ1v) is 5.57. The average molecular weight is 233 g/mol. The molecule has 1 N–H and O–H groups in total. The Bertz CT molecular complexity index is 591. The fraction of sp³-hybridized carbons (Fsp3) is 0.385. The van der Waals surface area contributed by atoms with Crippen molar-refractivity contribution in [2.45, 2.75) is 26.3 Å². The van der Waals surface area contributed by atoms with Crippen molar-refractivity contribution in [1.82, 2.24) is 4.57 Å². The fourth-order valence-corrected chi connectivity index (χ4v) is 2.23. The van der Waals surface area contributed by atoms with Gasteiger partial charge in [0.1, 0.15) is 5.54 Å². The monoisotopic (exact) mass is 233 g/mol. The number of fused-ring (bicyclic) bond motifs is 1. The summed E-state index contributed by atoms with van der Waals surface area (Å²) >= 11 is 0. The van der Waals surface area contributed by atoms with Gasteiger partial charge in [0.2, 0.25) is 0 Å². The number of aryl methyl sites for hydroxylation is 1. The summed E-state index contributed by atoms with van der Waals surface area (Å²) in [6.45, 7) is 6.02. The van der Waals surface area contributed by atoms with Crippen LogP contribution in [0, 0.1) is 0 Å². The number of aromatic nitrogens is 2. The molecule has 0 saturated heterocycles. The van der Waals surface area contributed by atoms with Gasteiger partial charge in [-0.25, -0.2) is 13.9 Å². The van der Waals surface area contributed by atoms with Gasteiger partial charge in [-0.15, -0.1) is 0 Å². The summed E-state index contributed by atoms with van der Waals surface area (Å²) in [5.41, 5.74) is 1.61. The summed E-state index contributed by atoms with van der Waals surface area (Å²) < 4.78 is 3.59. The van der Waals surface area contributed by atoms with E-state index >= 15 is 0 Å². The van der Waals surface area contributed by atoms with Crippen LogP contribution in [0.2, 0.25) is 0 Å². The van der Waals surface area contributed by atoms with Crippen LogP contribution in [0.15, 0.2) is 24.3 Å². The lowest BCUT2D eigenvalue weighted by atomic mass is 10.1. The standard InChI is InChI=1S/C13H16N2O2/c1-13(2,3)15-10-8-6-5-7-9(10)14(4)11(15)12(16)17/h5-8H,1-4H3/p+1. The molecule has 1 heterocycles. The molecule has 0 atom stereocenters. The predicted molar refractivity (Wildman–Crippen MR) is 65.1 cm³/mol. The Labute approximate surface area is 100 Å². The van der Waals surface area contributed by atoms with Gasteiger partial charge in [-0.05, 0) is 32.9 Å². The number of benzene rings is 1. The number of aromatic carboxylic acids is 1. The highest BCUT2D eigenvalue weighted by Crippen LogP contribution is 2.23. The van der Waals surface area contributed by atoms with Crippen molar-refractivity contribution < 1.29 is 14.5 Å². The molecular weight excluding hydrogens is 216 g/mol. The maximum atomic E-state index is 11.4. The van der Waals surface area contributed by atoms with E-state index in [-0.39, 0.29) is 5.54 Å². The topological polar surface area (TPSA) is 46.1 Å². The Hall–Kier alpha value is -1.84. The van der Waals surface area contributed by atoms with Crippen LogP contribution in [0.1, 0.15) is 31.4 Å². The summed E-state index contributed by atoms with van der Waals surface area (Å²) in [5.74, 6) is -0.600. The molecule has 4 heteroatoms. The van der Waals surface area contributed by atoms with E-state index in [2.05, 4.69) is 0 Å². The van der Waals surface area contributed by atoms with Crippen LogP contribution in [-0.2, 0) is 12.6 Å². The highest BCUT2D eigenvalue weighted by Gasteiger charge is 2.34. The number of carboxylic acid groups (broad SMARTS) is 1. The molecular formula is C13H17N2O2+. The van der Waals surface area contributed by atoms with E-state index < -0.39 is 5.97 Å². The van der Waals surface area contributed by atoms with Gasteiger partial charge in [0, 0.05) is 0 Å². The molecule has 1 aromatic heterocycles. The zero-order valence-electron chi connectivity index (χ0n) is 10.6. The van der Waals surface area contributed by atoms with Gasteiger partial charge in [-0.1, -0.05) is 12.1 Å². The Balaban J connectivity index is 2.96. The number of rotatable bonds is 1. The minimum absolute atomic E-state index is 0.269. The molecule has 0 aliphatic rings. The lowest BCUT2D eigenvalue weighted by Gasteiger charge is -2.16. The Morgan fingerprint density at radius 1 is 1.29 bits per heavy atom. The summed E-state index contributed by atoms with van der Waals surface area (Å²) in [7, 11) is 1.79. The number of imidazole rings is 1. The average Bonchev–Trinajstić information content (AvgIpc) is 2.52. The lowest BCUT2D eigenvalue weighted by Crippen LogP contribution is -2.39. The van der Waals surface area contributed by atoms with E-state index in [1.54, 1.807) is 11.6 Å². The molecule has 0 fully saturated rings. The van der Waals surface area contributed by atoms with E-state index in [4.69, 9.17) is 0 Å². The number of hydrogen-bond donors (Lipinski definition) is 1. The molecule has 0 unspecified atom stereocenters. The molecule has 0 bridgehead atoms. The molecule has 2 aromatic rings. The quantitative estimate of drug-likeness (QED) is 0.765. The zero-order chi connectivity index (χ0) is 12.8. The molecule has 0 spiro atoms. The first-order chi connectivity index (χ1) is 7.84. The van der Waals surface area contributed by atoms with Crippen molar-refractivity contribution in [1.29, 1.82) is 0 Å². The highest BCUT2D eigenvalue weighted by molar-refractivity contribution is 5.86. The van der Waals surface area contributed by atoms with E-state index in [0.717, 1.165) is 11.0 Å². The van der Waals surface area contributed by atoms with Crippen LogP contribution in [-0.4, -0.2) is 15.6 Å². The van der Waals surface area contributed by atoms with Crippen LogP contribution in [0.3, 0.4) is 0 Å². The van der Waals surface area contributed by atoms with Gasteiger partial charge >= 0.3 is 11.8 Å². The summed E-state index contributed by atoms with van der Waals surface area (Å²) in [6.07, 6.45) is 0. The smallest absolute Gasteiger partial charge is 0.419 e. The molecule has 2 rings (SSSR count). The van der Waals surface area contributed by atoms with Crippen molar-refractivity contribution >= 4 is 17.0 Å². The van der Waals surface area contributed by atoms with Crippen molar-refractivity contribution in [3.8, 4) is 0 Å². The molecule has 0 radical (unpaired) electrons. The summed E-state index contributed by atoms with van der Waals surface area (Å²) in [5, 5.41) is 9.37. The molecule has 0 aliphatic carbocycles. The van der Waals surface area contributed by atoms with Gasteiger partial charge in [-0.2, -0.15) is 0 Å². The number of carboxylic acids is 1. The molecule has 1 aromatic carbocycles. The van der Waals surface area contributed by atoms with Gasteiger partial charge in [0.25, 0.3) is 0 Å². The van der Waals surface area contributed by atoms with Crippen molar-refractivity contribution in [2.24, 2.45) is 7.05 Å². The van der Waals surface area contributed by atoms with E-state index in [0.29, 0.717) is 5.82 Å². The van der Waals surface area contributed by atoms with Gasteiger partial charge < -0.3 is 5.11 Å². The second-order valence-electron chi connectivity index (χ2n) is 5.18. The van der Waals surface area contributed by atoms with E-state index in [1.807, 2.05) is 49.6 Å². The largest absolute Gasteiger partial charge is 0.472 e. The number of nitrogens with zero attached hydrogens (tertiary/aromatic N) is 2. The highest BCUT2D eigenvalue weighted by atomic mass is 16.4. The molecule has 0 aliphatic heterocycles. The minimum Gasteiger partial charge on any atom is -0.472 e. The van der Waals surface area contributed by atoms with E-state index in [9.17, 15) is 9.90 Å². The third kappa shape index (κ3) is 1.69. The molecule has 0 amide bonds. The Morgan fingerprint density at radius 3 is 2.41 bits per heavy atom. The van der Waals surface area contributed by atoms with Gasteiger partial charge in [0.05, 0.1) is 7.05 Å². The van der Waals surface area contributed by atoms with Crippen LogP contribution >= 0.6 is 0 Å². The van der Waals surface area contributed by atoms with Crippen LogP contribution in [0.25, 0.3) is 11.0 Å². The zero-order valence-corrected chi connectivity index (χ0v) is 10.6. The van der Waals surface area contributed by atoms with Crippen LogP contribution < -0.4 is 4.57 Å². The van der Waals surface area contributed by atoms with Gasteiger partial charge in [0.15, 0.2) is 11.0 Å². The molecule has 4 nitrogen and oxygen atoms in total. The number of hydrogen-bond acceptors (Lipinski definition) is 1. The lowest BCUT2D eigenvalue weighted by molar-refractivity contribution is -0.648. The normalized spacial score (nSPS) is 12.0. The molecule has 17 heavy (non-hydrogen) atoms. The van der Waals surface area contributed by atoms with Crippen molar-refractivity contribution in [2.75, 3.05) is 0 Å². The van der Waals surface area contributed by atoms with E-state index in [1.165, 1.54) is 0 Å². The summed E-state index contributed by atoms with van der Waals surface area (Å²) in [6, 6.07) is 7.73. The third-order valence-corrected chi connectivity index (χ3v) is 2.88.